The third-order valence-electron chi connectivity index (χ3n) is 5.57. The van der Waals surface area contributed by atoms with Gasteiger partial charge in [0, 0.05) is 24.6 Å². The topological polar surface area (TPSA) is 42.4 Å². The summed E-state index contributed by atoms with van der Waals surface area (Å²) < 4.78 is 19.8. The molecule has 5 heteroatoms. The van der Waals surface area contributed by atoms with E-state index >= 15 is 0 Å². The van der Waals surface area contributed by atoms with E-state index in [1.807, 2.05) is 29.2 Å². The highest BCUT2D eigenvalue weighted by molar-refractivity contribution is 5.79. The van der Waals surface area contributed by atoms with Gasteiger partial charge in [0.1, 0.15) is 11.9 Å². The quantitative estimate of drug-likeness (QED) is 0.822. The zero-order chi connectivity index (χ0) is 18.6. The van der Waals surface area contributed by atoms with Crippen molar-refractivity contribution in [3.63, 3.8) is 0 Å². The highest BCUT2D eigenvalue weighted by atomic mass is 19.1. The molecule has 0 spiro atoms. The van der Waals surface area contributed by atoms with Crippen LogP contribution in [0.3, 0.4) is 0 Å². The van der Waals surface area contributed by atoms with Crippen molar-refractivity contribution in [2.45, 2.75) is 38.2 Å². The number of amides is 1. The Bertz CT molecular complexity index is 804. The van der Waals surface area contributed by atoms with Crippen molar-refractivity contribution in [3.8, 4) is 0 Å². The number of morpholine rings is 1. The number of ether oxygens (including phenoxy) is 1. The number of hydrogen-bond acceptors (Lipinski definition) is 3. The summed E-state index contributed by atoms with van der Waals surface area (Å²) in [6.45, 7) is 1.73. The molecule has 1 saturated heterocycles. The molecule has 1 aliphatic heterocycles. The fraction of sp³-hybridized carbons (Fsp3) is 0.455. The number of nitrogens with zero attached hydrogens (tertiary/aromatic N) is 2. The van der Waals surface area contributed by atoms with Crippen LogP contribution in [-0.2, 0) is 16.0 Å². The van der Waals surface area contributed by atoms with Gasteiger partial charge in [0.25, 0.3) is 0 Å². The van der Waals surface area contributed by atoms with Gasteiger partial charge in [-0.15, -0.1) is 0 Å². The molecule has 1 aromatic carbocycles. The van der Waals surface area contributed by atoms with Gasteiger partial charge in [0.05, 0.1) is 18.8 Å². The molecule has 4 rings (SSSR count). The van der Waals surface area contributed by atoms with E-state index < -0.39 is 0 Å². The molecule has 0 radical (unpaired) electrons. The largest absolute Gasteiger partial charge is 0.368 e. The summed E-state index contributed by atoms with van der Waals surface area (Å²) in [6.07, 6.45) is 4.56. The Kier molecular flexibility index (Phi) is 5.48. The number of carbonyl (C=O) groups excluding carboxylic acids is 1. The molecule has 2 aliphatic rings. The van der Waals surface area contributed by atoms with Crippen LogP contribution in [0.15, 0.2) is 42.5 Å². The van der Waals surface area contributed by atoms with Crippen molar-refractivity contribution < 1.29 is 13.9 Å². The van der Waals surface area contributed by atoms with Crippen LogP contribution in [0.25, 0.3) is 0 Å². The van der Waals surface area contributed by atoms with Crippen molar-refractivity contribution >= 4 is 5.91 Å². The fourth-order valence-corrected chi connectivity index (χ4v) is 4.07. The average molecular weight is 368 g/mol. The zero-order valence-corrected chi connectivity index (χ0v) is 15.4. The zero-order valence-electron chi connectivity index (χ0n) is 15.4. The van der Waals surface area contributed by atoms with E-state index in [2.05, 4.69) is 0 Å². The highest BCUT2D eigenvalue weighted by Gasteiger charge is 2.32. The summed E-state index contributed by atoms with van der Waals surface area (Å²) in [5.74, 6) is 0.236. The minimum atomic E-state index is -0.218. The smallest absolute Gasteiger partial charge is 0.225 e. The van der Waals surface area contributed by atoms with Crippen molar-refractivity contribution in [2.24, 2.45) is 5.92 Å². The molecule has 142 valence electrons. The molecule has 0 bridgehead atoms. The summed E-state index contributed by atoms with van der Waals surface area (Å²) in [6, 6.07) is 12.5. The van der Waals surface area contributed by atoms with E-state index in [0.29, 0.717) is 31.7 Å². The molecular weight excluding hydrogens is 343 g/mol. The van der Waals surface area contributed by atoms with E-state index in [4.69, 9.17) is 9.72 Å². The summed E-state index contributed by atoms with van der Waals surface area (Å²) in [5.41, 5.74) is 2.25. The molecule has 27 heavy (non-hydrogen) atoms. The van der Waals surface area contributed by atoms with Gasteiger partial charge in [-0.1, -0.05) is 37.1 Å². The van der Waals surface area contributed by atoms with Gasteiger partial charge in [-0.05, 0) is 36.6 Å². The number of halogens is 1. The molecule has 2 aromatic rings. The van der Waals surface area contributed by atoms with Crippen LogP contribution in [0.1, 0.15) is 48.7 Å². The number of pyridine rings is 1. The summed E-state index contributed by atoms with van der Waals surface area (Å²) in [4.78, 5) is 19.4. The van der Waals surface area contributed by atoms with Gasteiger partial charge in [0.15, 0.2) is 0 Å². The Hall–Kier alpha value is -2.27. The van der Waals surface area contributed by atoms with E-state index in [9.17, 15) is 9.18 Å². The molecule has 1 atom stereocenters. The predicted octanol–water partition coefficient (Wildman–Crippen LogP) is 3.90. The van der Waals surface area contributed by atoms with Crippen molar-refractivity contribution in [2.75, 3.05) is 19.7 Å². The standard InChI is InChI=1S/C22H25FN2O2/c23-19-10-4-3-8-17(19)14-18-9-5-11-20(24-18)21-15-25(12-13-27-21)22(26)16-6-1-2-7-16/h3-5,8-11,16,21H,1-2,6-7,12-15H2/t21-/m0/s1. The normalized spacial score (nSPS) is 20.8. The van der Waals surface area contributed by atoms with Crippen LogP contribution in [-0.4, -0.2) is 35.5 Å². The van der Waals surface area contributed by atoms with Crippen LogP contribution in [0, 0.1) is 11.7 Å². The van der Waals surface area contributed by atoms with Crippen LogP contribution < -0.4 is 0 Å². The lowest BCUT2D eigenvalue weighted by Gasteiger charge is -2.34. The van der Waals surface area contributed by atoms with Gasteiger partial charge < -0.3 is 9.64 Å². The van der Waals surface area contributed by atoms with E-state index in [1.165, 1.54) is 6.07 Å². The van der Waals surface area contributed by atoms with Gasteiger partial charge in [-0.2, -0.15) is 0 Å². The molecule has 1 amide bonds. The number of benzene rings is 1. The first-order valence-corrected chi connectivity index (χ1v) is 9.80. The Morgan fingerprint density at radius 2 is 1.96 bits per heavy atom. The maximum absolute atomic E-state index is 13.9. The molecular formula is C22H25FN2O2. The highest BCUT2D eigenvalue weighted by Crippen LogP contribution is 2.29. The van der Waals surface area contributed by atoms with Crippen LogP contribution in [0.5, 0.6) is 0 Å². The summed E-state index contributed by atoms with van der Waals surface area (Å²) in [5, 5.41) is 0. The van der Waals surface area contributed by atoms with Crippen LogP contribution >= 0.6 is 0 Å². The van der Waals surface area contributed by atoms with Gasteiger partial charge >= 0.3 is 0 Å². The van der Waals surface area contributed by atoms with Crippen LogP contribution in [0.4, 0.5) is 4.39 Å². The molecule has 2 heterocycles. The summed E-state index contributed by atoms with van der Waals surface area (Å²) in [7, 11) is 0. The maximum atomic E-state index is 13.9. The van der Waals surface area contributed by atoms with Crippen LogP contribution in [0.2, 0.25) is 0 Å². The number of rotatable bonds is 4. The predicted molar refractivity (Wildman–Crippen MR) is 101 cm³/mol. The van der Waals surface area contributed by atoms with Crippen molar-refractivity contribution in [1.82, 2.24) is 9.88 Å². The second kappa shape index (κ2) is 8.17. The Balaban J connectivity index is 1.46. The molecule has 0 unspecified atom stereocenters. The lowest BCUT2D eigenvalue weighted by molar-refractivity contribution is -0.143. The molecule has 0 N–H and O–H groups in total. The maximum Gasteiger partial charge on any atom is 0.225 e. The van der Waals surface area contributed by atoms with Gasteiger partial charge in [-0.25, -0.2) is 4.39 Å². The Morgan fingerprint density at radius 1 is 1.15 bits per heavy atom. The molecule has 2 fully saturated rings. The number of carbonyl (C=O) groups is 1. The molecule has 1 saturated carbocycles. The molecule has 1 aliphatic carbocycles. The minimum Gasteiger partial charge on any atom is -0.368 e. The number of hydrogen-bond donors (Lipinski definition) is 0. The van der Waals surface area contributed by atoms with Gasteiger partial charge in [0.2, 0.25) is 5.91 Å². The average Bonchev–Trinajstić information content (AvgIpc) is 3.24. The summed E-state index contributed by atoms with van der Waals surface area (Å²) >= 11 is 0. The lowest BCUT2D eigenvalue weighted by Crippen LogP contribution is -2.44. The molecule has 4 nitrogen and oxygen atoms in total. The number of aromatic nitrogens is 1. The first-order chi connectivity index (χ1) is 13.2. The third-order valence-corrected chi connectivity index (χ3v) is 5.57. The van der Waals surface area contributed by atoms with Crippen molar-refractivity contribution in [3.05, 3.63) is 65.2 Å². The SMILES string of the molecule is O=C(C1CCCC1)N1CCO[C@H](c2cccc(Cc3ccccc3F)n2)C1. The lowest BCUT2D eigenvalue weighted by atomic mass is 10.0. The first kappa shape index (κ1) is 18.1. The first-order valence-electron chi connectivity index (χ1n) is 9.80. The minimum absolute atomic E-state index is 0.184. The fourth-order valence-electron chi connectivity index (χ4n) is 4.07. The Labute approximate surface area is 159 Å². The third kappa shape index (κ3) is 4.19. The van der Waals surface area contributed by atoms with E-state index in [-0.39, 0.29) is 23.7 Å². The van der Waals surface area contributed by atoms with Crippen molar-refractivity contribution in [1.29, 1.82) is 0 Å². The monoisotopic (exact) mass is 368 g/mol. The second-order valence-electron chi connectivity index (χ2n) is 7.45. The Morgan fingerprint density at radius 3 is 2.78 bits per heavy atom. The van der Waals surface area contributed by atoms with E-state index in [1.54, 1.807) is 12.1 Å². The molecule has 1 aromatic heterocycles. The second-order valence-corrected chi connectivity index (χ2v) is 7.45. The van der Waals surface area contributed by atoms with Gasteiger partial charge in [-0.3, -0.25) is 9.78 Å². The van der Waals surface area contributed by atoms with E-state index in [0.717, 1.165) is 37.1 Å².